The molecule has 2 heterocycles. The molecule has 3 heteroatoms. The second kappa shape index (κ2) is 3.80. The molecule has 2 N–H and O–H groups in total. The Balaban J connectivity index is 1.92. The van der Waals surface area contributed by atoms with Crippen molar-refractivity contribution in [1.82, 2.24) is 4.90 Å². The molecule has 0 aliphatic carbocycles. The van der Waals surface area contributed by atoms with E-state index >= 15 is 0 Å². The summed E-state index contributed by atoms with van der Waals surface area (Å²) >= 11 is 0. The van der Waals surface area contributed by atoms with E-state index in [2.05, 4.69) is 18.7 Å². The topological polar surface area (TPSA) is 38.5 Å². The Morgan fingerprint density at radius 3 is 2.71 bits per heavy atom. The lowest BCUT2D eigenvalue weighted by atomic mass is 9.69. The predicted molar refractivity (Wildman–Crippen MR) is 57.1 cm³/mol. The molecular formula is C11H22N2O. The first-order chi connectivity index (χ1) is 6.68. The van der Waals surface area contributed by atoms with Crippen LogP contribution >= 0.6 is 0 Å². The predicted octanol–water partition coefficient (Wildman–Crippen LogP) is 0.692. The van der Waals surface area contributed by atoms with Gasteiger partial charge in [-0.15, -0.1) is 0 Å². The van der Waals surface area contributed by atoms with Gasteiger partial charge < -0.3 is 10.5 Å². The summed E-state index contributed by atoms with van der Waals surface area (Å²) in [5, 5.41) is 0. The van der Waals surface area contributed by atoms with Crippen LogP contribution in [-0.2, 0) is 4.74 Å². The van der Waals surface area contributed by atoms with Gasteiger partial charge in [-0.05, 0) is 25.8 Å². The number of nitrogens with two attached hydrogens (primary N) is 1. The Labute approximate surface area is 86.6 Å². The summed E-state index contributed by atoms with van der Waals surface area (Å²) < 4.78 is 5.36. The molecule has 2 aliphatic heterocycles. The molecule has 3 nitrogen and oxygen atoms in total. The zero-order valence-electron chi connectivity index (χ0n) is 9.33. The molecule has 0 amide bonds. The number of hydrogen-bond donors (Lipinski definition) is 1. The standard InChI is InChI=1S/C11H22N2O/c1-9-6-13(10(2)5-12)4-3-11(9)7-14-8-11/h9-10H,3-8,12H2,1-2H3. The molecule has 0 aromatic heterocycles. The van der Waals surface area contributed by atoms with Crippen LogP contribution in [0.25, 0.3) is 0 Å². The first-order valence-corrected chi connectivity index (χ1v) is 5.70. The summed E-state index contributed by atoms with van der Waals surface area (Å²) in [4.78, 5) is 2.52. The Bertz CT molecular complexity index is 203. The van der Waals surface area contributed by atoms with E-state index < -0.39 is 0 Å². The fraction of sp³-hybridized carbons (Fsp3) is 1.00. The molecule has 2 rings (SSSR count). The molecule has 0 bridgehead atoms. The Morgan fingerprint density at radius 2 is 2.29 bits per heavy atom. The molecule has 2 atom stereocenters. The highest BCUT2D eigenvalue weighted by Crippen LogP contribution is 2.42. The van der Waals surface area contributed by atoms with E-state index in [9.17, 15) is 0 Å². The highest BCUT2D eigenvalue weighted by Gasteiger charge is 2.46. The molecule has 2 aliphatic rings. The van der Waals surface area contributed by atoms with Gasteiger partial charge in [0.15, 0.2) is 0 Å². The highest BCUT2D eigenvalue weighted by atomic mass is 16.5. The third-order valence-electron chi connectivity index (χ3n) is 4.19. The maximum Gasteiger partial charge on any atom is 0.0548 e. The summed E-state index contributed by atoms with van der Waals surface area (Å²) in [5.41, 5.74) is 6.21. The molecule has 1 spiro atoms. The molecule has 0 aromatic rings. The second-order valence-electron chi connectivity index (χ2n) is 5.09. The van der Waals surface area contributed by atoms with Crippen LogP contribution in [-0.4, -0.2) is 43.8 Å². The largest absolute Gasteiger partial charge is 0.380 e. The number of rotatable bonds is 2. The minimum Gasteiger partial charge on any atom is -0.380 e. The number of nitrogens with zero attached hydrogens (tertiary/aromatic N) is 1. The zero-order valence-corrected chi connectivity index (χ0v) is 9.33. The van der Waals surface area contributed by atoms with Crippen molar-refractivity contribution in [2.45, 2.75) is 26.3 Å². The summed E-state index contributed by atoms with van der Waals surface area (Å²) in [5.74, 6) is 0.763. The van der Waals surface area contributed by atoms with Crippen molar-refractivity contribution < 1.29 is 4.74 Å². The van der Waals surface area contributed by atoms with Gasteiger partial charge in [0.1, 0.15) is 0 Å². The normalized spacial score (nSPS) is 34.1. The van der Waals surface area contributed by atoms with Crippen molar-refractivity contribution in [3.63, 3.8) is 0 Å². The minimum absolute atomic E-state index is 0.519. The molecule has 2 fully saturated rings. The summed E-state index contributed by atoms with van der Waals surface area (Å²) in [6.45, 7) is 9.72. The fourth-order valence-corrected chi connectivity index (χ4v) is 2.59. The van der Waals surface area contributed by atoms with Crippen LogP contribution in [0.2, 0.25) is 0 Å². The summed E-state index contributed by atoms with van der Waals surface area (Å²) in [6.07, 6.45) is 1.29. The maximum absolute atomic E-state index is 5.70. The van der Waals surface area contributed by atoms with Gasteiger partial charge >= 0.3 is 0 Å². The molecule has 2 unspecified atom stereocenters. The third-order valence-corrected chi connectivity index (χ3v) is 4.19. The lowest BCUT2D eigenvalue weighted by molar-refractivity contribution is -0.170. The minimum atomic E-state index is 0.519. The summed E-state index contributed by atoms with van der Waals surface area (Å²) in [7, 11) is 0. The lowest BCUT2D eigenvalue weighted by Crippen LogP contribution is -2.58. The van der Waals surface area contributed by atoms with Gasteiger partial charge in [-0.25, -0.2) is 0 Å². The molecule has 0 aromatic carbocycles. The third kappa shape index (κ3) is 1.58. The smallest absolute Gasteiger partial charge is 0.0548 e. The van der Waals surface area contributed by atoms with Crippen LogP contribution in [0.5, 0.6) is 0 Å². The lowest BCUT2D eigenvalue weighted by Gasteiger charge is -2.52. The van der Waals surface area contributed by atoms with Crippen molar-refractivity contribution >= 4 is 0 Å². The van der Waals surface area contributed by atoms with E-state index in [1.807, 2.05) is 0 Å². The van der Waals surface area contributed by atoms with Gasteiger partial charge in [-0.1, -0.05) is 6.92 Å². The van der Waals surface area contributed by atoms with E-state index in [-0.39, 0.29) is 0 Å². The number of hydrogen-bond acceptors (Lipinski definition) is 3. The maximum atomic E-state index is 5.70. The van der Waals surface area contributed by atoms with Crippen LogP contribution in [0, 0.1) is 11.3 Å². The average molecular weight is 198 g/mol. The van der Waals surface area contributed by atoms with E-state index in [1.54, 1.807) is 0 Å². The Kier molecular flexibility index (Phi) is 2.82. The molecule has 0 radical (unpaired) electrons. The van der Waals surface area contributed by atoms with Crippen LogP contribution in [0.4, 0.5) is 0 Å². The summed E-state index contributed by atoms with van der Waals surface area (Å²) in [6, 6.07) is 0.538. The van der Waals surface area contributed by atoms with E-state index in [0.717, 1.165) is 25.7 Å². The number of piperidine rings is 1. The van der Waals surface area contributed by atoms with Gasteiger partial charge in [-0.2, -0.15) is 0 Å². The number of ether oxygens (including phenoxy) is 1. The average Bonchev–Trinajstić information content (AvgIpc) is 2.14. The van der Waals surface area contributed by atoms with Gasteiger partial charge in [0.2, 0.25) is 0 Å². The fourth-order valence-electron chi connectivity index (χ4n) is 2.59. The van der Waals surface area contributed by atoms with Gasteiger partial charge in [0.25, 0.3) is 0 Å². The molecule has 2 saturated heterocycles. The first kappa shape index (κ1) is 10.4. The van der Waals surface area contributed by atoms with Crippen molar-refractivity contribution in [2.75, 3.05) is 32.8 Å². The number of likely N-dealkylation sites (tertiary alicyclic amines) is 1. The van der Waals surface area contributed by atoms with Crippen LogP contribution in [0.3, 0.4) is 0 Å². The van der Waals surface area contributed by atoms with Crippen molar-refractivity contribution in [3.05, 3.63) is 0 Å². The SMILES string of the molecule is CC(CN)N1CCC2(COC2)C(C)C1. The molecule has 14 heavy (non-hydrogen) atoms. The van der Waals surface area contributed by atoms with Crippen molar-refractivity contribution in [3.8, 4) is 0 Å². The highest BCUT2D eigenvalue weighted by molar-refractivity contribution is 4.96. The van der Waals surface area contributed by atoms with Crippen LogP contribution in [0.1, 0.15) is 20.3 Å². The van der Waals surface area contributed by atoms with Crippen LogP contribution < -0.4 is 5.73 Å². The molecular weight excluding hydrogens is 176 g/mol. The van der Waals surface area contributed by atoms with Gasteiger partial charge in [-0.3, -0.25) is 4.90 Å². The molecule has 0 saturated carbocycles. The van der Waals surface area contributed by atoms with E-state index in [4.69, 9.17) is 10.5 Å². The van der Waals surface area contributed by atoms with E-state index in [0.29, 0.717) is 11.5 Å². The van der Waals surface area contributed by atoms with Gasteiger partial charge in [0, 0.05) is 24.5 Å². The van der Waals surface area contributed by atoms with Crippen molar-refractivity contribution in [1.29, 1.82) is 0 Å². The van der Waals surface area contributed by atoms with Crippen LogP contribution in [0.15, 0.2) is 0 Å². The second-order valence-corrected chi connectivity index (χ2v) is 5.09. The Morgan fingerprint density at radius 1 is 1.57 bits per heavy atom. The van der Waals surface area contributed by atoms with Gasteiger partial charge in [0.05, 0.1) is 13.2 Å². The monoisotopic (exact) mass is 198 g/mol. The quantitative estimate of drug-likeness (QED) is 0.709. The van der Waals surface area contributed by atoms with E-state index in [1.165, 1.54) is 19.5 Å². The Hall–Kier alpha value is -0.120. The molecule has 82 valence electrons. The first-order valence-electron chi connectivity index (χ1n) is 5.70. The van der Waals surface area contributed by atoms with Crippen molar-refractivity contribution in [2.24, 2.45) is 17.1 Å². The zero-order chi connectivity index (χ0) is 10.2.